The van der Waals surface area contributed by atoms with Crippen LogP contribution in [0, 0.1) is 7.14 Å². The zero-order chi connectivity index (χ0) is 10.7. The van der Waals surface area contributed by atoms with Crippen LogP contribution in [0.4, 0.5) is 0 Å². The molecule has 0 spiro atoms. The van der Waals surface area contributed by atoms with E-state index in [1.807, 2.05) is 18.2 Å². The maximum absolute atomic E-state index is 10.5. The first-order chi connectivity index (χ1) is 6.49. The lowest BCUT2D eigenvalue weighted by atomic mass is 10.1. The second kappa shape index (κ2) is 5.26. The number of halogens is 2. The molecule has 0 aliphatic carbocycles. The highest BCUT2D eigenvalue weighted by Crippen LogP contribution is 2.20. The van der Waals surface area contributed by atoms with Crippen molar-refractivity contribution in [1.82, 2.24) is 0 Å². The van der Waals surface area contributed by atoms with Crippen LogP contribution in [-0.2, 0) is 4.79 Å². The molecule has 0 heterocycles. The van der Waals surface area contributed by atoms with Crippen molar-refractivity contribution in [1.29, 1.82) is 0 Å². The van der Waals surface area contributed by atoms with Crippen LogP contribution in [0.2, 0.25) is 0 Å². The van der Waals surface area contributed by atoms with Crippen LogP contribution in [0.5, 0.6) is 0 Å². The number of carbonyl (C=O) groups is 1. The molecule has 5 heteroatoms. The second-order valence-electron chi connectivity index (χ2n) is 2.91. The molecule has 0 fully saturated rings. The molecule has 3 nitrogen and oxygen atoms in total. The zero-order valence-corrected chi connectivity index (χ0v) is 11.5. The molecule has 0 radical (unpaired) electrons. The molecule has 0 aliphatic rings. The maximum Gasteiger partial charge on any atom is 0.305 e. The predicted octanol–water partition coefficient (Wildman–Crippen LogP) is 2.37. The van der Waals surface area contributed by atoms with Gasteiger partial charge < -0.3 is 10.8 Å². The molecule has 1 unspecified atom stereocenters. The van der Waals surface area contributed by atoms with E-state index < -0.39 is 12.0 Å². The Morgan fingerprint density at radius 2 is 1.86 bits per heavy atom. The third kappa shape index (κ3) is 3.70. The maximum atomic E-state index is 10.5. The average Bonchev–Trinajstić information content (AvgIpc) is 2.00. The molecular weight excluding hydrogens is 408 g/mol. The fraction of sp³-hybridized carbons (Fsp3) is 0.222. The summed E-state index contributed by atoms with van der Waals surface area (Å²) in [6.45, 7) is 0. The SMILES string of the molecule is NC(CC(=O)O)c1cc(I)cc(I)c1. The normalized spacial score (nSPS) is 12.5. The van der Waals surface area contributed by atoms with Crippen molar-refractivity contribution in [2.75, 3.05) is 0 Å². The Morgan fingerprint density at radius 1 is 1.36 bits per heavy atom. The minimum Gasteiger partial charge on any atom is -0.481 e. The lowest BCUT2D eigenvalue weighted by Gasteiger charge is -2.10. The summed E-state index contributed by atoms with van der Waals surface area (Å²) in [4.78, 5) is 10.5. The second-order valence-corrected chi connectivity index (χ2v) is 5.40. The molecule has 1 aromatic carbocycles. The van der Waals surface area contributed by atoms with E-state index in [9.17, 15) is 4.79 Å². The third-order valence-corrected chi connectivity index (χ3v) is 2.95. The van der Waals surface area contributed by atoms with Crippen molar-refractivity contribution in [3.8, 4) is 0 Å². The van der Waals surface area contributed by atoms with E-state index in [1.54, 1.807) is 0 Å². The van der Waals surface area contributed by atoms with E-state index >= 15 is 0 Å². The Hall–Kier alpha value is 0.110. The summed E-state index contributed by atoms with van der Waals surface area (Å²) in [6.07, 6.45) is -0.0316. The van der Waals surface area contributed by atoms with Gasteiger partial charge in [-0.15, -0.1) is 0 Å². The van der Waals surface area contributed by atoms with E-state index in [0.29, 0.717) is 0 Å². The van der Waals surface area contributed by atoms with Crippen LogP contribution < -0.4 is 5.73 Å². The Kier molecular flexibility index (Phi) is 4.58. The Morgan fingerprint density at radius 3 is 2.29 bits per heavy atom. The molecule has 0 amide bonds. The first-order valence-electron chi connectivity index (χ1n) is 3.92. The minimum absolute atomic E-state index is 0.0316. The molecule has 3 N–H and O–H groups in total. The Bertz CT molecular complexity index is 334. The van der Waals surface area contributed by atoms with Gasteiger partial charge in [0.2, 0.25) is 0 Å². The lowest BCUT2D eigenvalue weighted by molar-refractivity contribution is -0.137. The van der Waals surface area contributed by atoms with Crippen molar-refractivity contribution in [3.63, 3.8) is 0 Å². The molecule has 1 atom stereocenters. The van der Waals surface area contributed by atoms with Gasteiger partial charge in [0.05, 0.1) is 6.42 Å². The van der Waals surface area contributed by atoms with Gasteiger partial charge in [-0.05, 0) is 68.9 Å². The molecular formula is C9H9I2NO2. The third-order valence-electron chi connectivity index (χ3n) is 1.71. The van der Waals surface area contributed by atoms with Crippen molar-refractivity contribution in [2.45, 2.75) is 12.5 Å². The highest BCUT2D eigenvalue weighted by molar-refractivity contribution is 14.1. The topological polar surface area (TPSA) is 63.3 Å². The van der Waals surface area contributed by atoms with Crippen molar-refractivity contribution in [3.05, 3.63) is 30.9 Å². The van der Waals surface area contributed by atoms with E-state index in [4.69, 9.17) is 10.8 Å². The summed E-state index contributed by atoms with van der Waals surface area (Å²) in [5, 5.41) is 8.60. The summed E-state index contributed by atoms with van der Waals surface area (Å²) in [5.41, 5.74) is 6.62. The smallest absolute Gasteiger partial charge is 0.305 e. The van der Waals surface area contributed by atoms with Gasteiger partial charge in [0.15, 0.2) is 0 Å². The molecule has 1 rings (SSSR count). The Balaban J connectivity index is 2.89. The van der Waals surface area contributed by atoms with Crippen molar-refractivity contribution >= 4 is 51.2 Å². The monoisotopic (exact) mass is 417 g/mol. The highest BCUT2D eigenvalue weighted by Gasteiger charge is 2.11. The average molecular weight is 417 g/mol. The van der Waals surface area contributed by atoms with Crippen LogP contribution in [0.15, 0.2) is 18.2 Å². The molecule has 0 aliphatic heterocycles. The summed E-state index contributed by atoms with van der Waals surface area (Å²) >= 11 is 4.38. The summed E-state index contributed by atoms with van der Waals surface area (Å²) in [5.74, 6) is -0.869. The van der Waals surface area contributed by atoms with Gasteiger partial charge in [-0.1, -0.05) is 0 Å². The highest BCUT2D eigenvalue weighted by atomic mass is 127. The van der Waals surface area contributed by atoms with Crippen LogP contribution in [0.3, 0.4) is 0 Å². The molecule has 0 aromatic heterocycles. The number of hydrogen-bond donors (Lipinski definition) is 2. The van der Waals surface area contributed by atoms with E-state index in [2.05, 4.69) is 45.2 Å². The standard InChI is InChI=1S/C9H9I2NO2/c10-6-1-5(2-7(11)3-6)8(12)4-9(13)14/h1-3,8H,4,12H2,(H,13,14). The molecule has 0 saturated heterocycles. The lowest BCUT2D eigenvalue weighted by Crippen LogP contribution is -2.15. The number of rotatable bonds is 3. The molecule has 14 heavy (non-hydrogen) atoms. The summed E-state index contributed by atoms with van der Waals surface area (Å²) < 4.78 is 2.15. The van der Waals surface area contributed by atoms with Crippen LogP contribution in [0.1, 0.15) is 18.0 Å². The number of aliphatic carboxylic acids is 1. The Labute approximate surface area is 109 Å². The fourth-order valence-electron chi connectivity index (χ4n) is 1.10. The summed E-state index contributed by atoms with van der Waals surface area (Å²) in [7, 11) is 0. The van der Waals surface area contributed by atoms with E-state index in [1.165, 1.54) is 0 Å². The molecule has 0 bridgehead atoms. The minimum atomic E-state index is -0.869. The number of hydrogen-bond acceptors (Lipinski definition) is 2. The quantitative estimate of drug-likeness (QED) is 0.743. The van der Waals surface area contributed by atoms with Crippen molar-refractivity contribution in [2.24, 2.45) is 5.73 Å². The summed E-state index contributed by atoms with van der Waals surface area (Å²) in [6, 6.07) is 5.42. The molecule has 1 aromatic rings. The fourth-order valence-corrected chi connectivity index (χ4v) is 3.08. The van der Waals surface area contributed by atoms with Gasteiger partial charge in [0.25, 0.3) is 0 Å². The van der Waals surface area contributed by atoms with Gasteiger partial charge in [-0.3, -0.25) is 4.79 Å². The van der Waals surface area contributed by atoms with Gasteiger partial charge in [0, 0.05) is 13.2 Å². The molecule has 76 valence electrons. The van der Waals surface area contributed by atoms with Gasteiger partial charge in [-0.2, -0.15) is 0 Å². The van der Waals surface area contributed by atoms with Crippen LogP contribution >= 0.6 is 45.2 Å². The van der Waals surface area contributed by atoms with Gasteiger partial charge in [-0.25, -0.2) is 0 Å². The number of carboxylic acid groups (broad SMARTS) is 1. The predicted molar refractivity (Wildman–Crippen MR) is 71.1 cm³/mol. The largest absolute Gasteiger partial charge is 0.481 e. The van der Waals surface area contributed by atoms with E-state index in [-0.39, 0.29) is 6.42 Å². The zero-order valence-electron chi connectivity index (χ0n) is 7.21. The van der Waals surface area contributed by atoms with Gasteiger partial charge in [0.1, 0.15) is 0 Å². The van der Waals surface area contributed by atoms with E-state index in [0.717, 1.165) is 12.7 Å². The van der Waals surface area contributed by atoms with Crippen molar-refractivity contribution < 1.29 is 9.90 Å². The first kappa shape index (κ1) is 12.2. The van der Waals surface area contributed by atoms with Gasteiger partial charge >= 0.3 is 5.97 Å². The number of carboxylic acids is 1. The van der Waals surface area contributed by atoms with Crippen LogP contribution in [-0.4, -0.2) is 11.1 Å². The molecule has 0 saturated carbocycles. The number of benzene rings is 1. The first-order valence-corrected chi connectivity index (χ1v) is 6.08. The number of nitrogens with two attached hydrogens (primary N) is 1. The van der Waals surface area contributed by atoms with Crippen LogP contribution in [0.25, 0.3) is 0 Å².